The highest BCUT2D eigenvalue weighted by atomic mass is 32.1. The second-order valence-electron chi connectivity index (χ2n) is 5.00. The quantitative estimate of drug-likeness (QED) is 0.537. The Morgan fingerprint density at radius 1 is 1.20 bits per heavy atom. The molecule has 0 fully saturated rings. The van der Waals surface area contributed by atoms with E-state index in [0.29, 0.717) is 22.1 Å². The molecule has 0 aliphatic heterocycles. The highest BCUT2D eigenvalue weighted by molar-refractivity contribution is 7.14. The van der Waals surface area contributed by atoms with Gasteiger partial charge in [0.25, 0.3) is 11.6 Å². The van der Waals surface area contributed by atoms with Gasteiger partial charge >= 0.3 is 0 Å². The summed E-state index contributed by atoms with van der Waals surface area (Å²) in [7, 11) is 0. The Kier molecular flexibility index (Phi) is 5.00. The number of hydrogen-bond donors (Lipinski definition) is 1. The van der Waals surface area contributed by atoms with Crippen molar-refractivity contribution in [1.29, 1.82) is 0 Å². The molecular weight excluding hydrogens is 342 g/mol. The molecule has 0 aliphatic rings. The van der Waals surface area contributed by atoms with E-state index < -0.39 is 4.92 Å². The van der Waals surface area contributed by atoms with Crippen molar-refractivity contribution in [1.82, 2.24) is 4.98 Å². The molecule has 0 saturated heterocycles. The molecule has 0 aliphatic carbocycles. The zero-order valence-electron chi connectivity index (χ0n) is 12.9. The molecule has 126 valence electrons. The lowest BCUT2D eigenvalue weighted by Crippen LogP contribution is -2.19. The first-order valence-electron chi connectivity index (χ1n) is 7.30. The molecule has 8 heteroatoms. The molecule has 0 atom stereocenters. The number of non-ortho nitro benzene ring substituents is 1. The minimum Gasteiger partial charge on any atom is -0.484 e. The lowest BCUT2D eigenvalue weighted by Gasteiger charge is -2.05. The van der Waals surface area contributed by atoms with Gasteiger partial charge in [-0.3, -0.25) is 20.2 Å². The molecule has 1 aromatic heterocycles. The predicted molar refractivity (Wildman–Crippen MR) is 94.8 cm³/mol. The molecule has 1 N–H and O–H groups in total. The number of para-hydroxylation sites is 1. The van der Waals surface area contributed by atoms with Gasteiger partial charge in [-0.2, -0.15) is 0 Å². The highest BCUT2D eigenvalue weighted by Gasteiger charge is 2.11. The van der Waals surface area contributed by atoms with E-state index in [2.05, 4.69) is 10.3 Å². The molecule has 0 spiro atoms. The first-order valence-corrected chi connectivity index (χ1v) is 8.18. The number of anilines is 1. The Hall–Kier alpha value is -3.26. The average molecular weight is 355 g/mol. The van der Waals surface area contributed by atoms with Crippen molar-refractivity contribution in [2.75, 3.05) is 11.9 Å². The van der Waals surface area contributed by atoms with Crippen molar-refractivity contribution in [2.45, 2.75) is 0 Å². The van der Waals surface area contributed by atoms with Crippen LogP contribution in [0.1, 0.15) is 0 Å². The van der Waals surface area contributed by atoms with Gasteiger partial charge in [0.15, 0.2) is 11.7 Å². The predicted octanol–water partition coefficient (Wildman–Crippen LogP) is 3.74. The third kappa shape index (κ3) is 4.39. The standard InChI is InChI=1S/C17H13N3O4S/c21-16(10-24-14-7-2-1-3-8-14)19-17-18-15(11-25-17)12-5-4-6-13(9-12)20(22)23/h1-9,11H,10H2,(H,18,19,21). The first kappa shape index (κ1) is 16.6. The maximum Gasteiger partial charge on any atom is 0.270 e. The van der Waals surface area contributed by atoms with Gasteiger partial charge in [-0.25, -0.2) is 4.98 Å². The van der Waals surface area contributed by atoms with E-state index in [1.165, 1.54) is 23.5 Å². The third-order valence-electron chi connectivity index (χ3n) is 3.22. The smallest absolute Gasteiger partial charge is 0.270 e. The molecular formula is C17H13N3O4S. The number of thiazole rings is 1. The molecule has 1 heterocycles. The molecule has 2 aromatic carbocycles. The summed E-state index contributed by atoms with van der Waals surface area (Å²) in [6.45, 7) is -0.129. The van der Waals surface area contributed by atoms with E-state index in [-0.39, 0.29) is 18.2 Å². The van der Waals surface area contributed by atoms with Crippen LogP contribution >= 0.6 is 11.3 Å². The van der Waals surface area contributed by atoms with Crippen molar-refractivity contribution >= 4 is 28.1 Å². The minimum atomic E-state index is -0.459. The summed E-state index contributed by atoms with van der Waals surface area (Å²) in [5.41, 5.74) is 1.17. The maximum absolute atomic E-state index is 11.9. The van der Waals surface area contributed by atoms with Crippen molar-refractivity contribution in [3.05, 3.63) is 70.1 Å². The largest absolute Gasteiger partial charge is 0.484 e. The molecule has 3 aromatic rings. The van der Waals surface area contributed by atoms with Crippen LogP contribution in [0.4, 0.5) is 10.8 Å². The molecule has 1 amide bonds. The van der Waals surface area contributed by atoms with Crippen molar-refractivity contribution in [3.8, 4) is 17.0 Å². The molecule has 0 saturated carbocycles. The Balaban J connectivity index is 1.62. The molecule has 25 heavy (non-hydrogen) atoms. The first-order chi connectivity index (χ1) is 12.1. The fraction of sp³-hybridized carbons (Fsp3) is 0.0588. The number of hydrogen-bond acceptors (Lipinski definition) is 6. The normalized spacial score (nSPS) is 10.2. The van der Waals surface area contributed by atoms with Crippen LogP contribution in [-0.4, -0.2) is 22.4 Å². The summed E-state index contributed by atoms with van der Waals surface area (Å²) >= 11 is 1.24. The van der Waals surface area contributed by atoms with E-state index in [1.54, 1.807) is 29.6 Å². The molecule has 0 radical (unpaired) electrons. The number of carbonyl (C=O) groups is 1. The number of nitrogens with one attached hydrogen (secondary N) is 1. The van der Waals surface area contributed by atoms with Gasteiger partial charge < -0.3 is 4.74 Å². The molecule has 0 unspecified atom stereocenters. The number of rotatable bonds is 6. The van der Waals surface area contributed by atoms with E-state index in [1.807, 2.05) is 18.2 Å². The van der Waals surface area contributed by atoms with Crippen LogP contribution in [0.15, 0.2) is 60.0 Å². The Morgan fingerprint density at radius 3 is 2.76 bits per heavy atom. The van der Waals surface area contributed by atoms with Crippen LogP contribution in [0, 0.1) is 10.1 Å². The monoisotopic (exact) mass is 355 g/mol. The third-order valence-corrected chi connectivity index (χ3v) is 3.97. The summed E-state index contributed by atoms with van der Waals surface area (Å²) in [5, 5.41) is 15.6. The lowest BCUT2D eigenvalue weighted by molar-refractivity contribution is -0.384. The fourth-order valence-electron chi connectivity index (χ4n) is 2.06. The average Bonchev–Trinajstić information content (AvgIpc) is 3.09. The summed E-state index contributed by atoms with van der Waals surface area (Å²) < 4.78 is 5.36. The van der Waals surface area contributed by atoms with Gasteiger partial charge in [0.05, 0.1) is 10.6 Å². The Morgan fingerprint density at radius 2 is 2.00 bits per heavy atom. The Labute approximate surface area is 147 Å². The number of nitro benzene ring substituents is 1. The number of benzene rings is 2. The summed E-state index contributed by atoms with van der Waals surface area (Å²) in [6, 6.07) is 15.2. The van der Waals surface area contributed by atoms with Crippen LogP contribution in [0.25, 0.3) is 11.3 Å². The maximum atomic E-state index is 11.9. The van der Waals surface area contributed by atoms with Crippen LogP contribution in [0.3, 0.4) is 0 Å². The van der Waals surface area contributed by atoms with Gasteiger partial charge in [0.1, 0.15) is 5.75 Å². The van der Waals surface area contributed by atoms with Crippen molar-refractivity contribution in [2.24, 2.45) is 0 Å². The van der Waals surface area contributed by atoms with Gasteiger partial charge in [-0.15, -0.1) is 11.3 Å². The number of aromatic nitrogens is 1. The van der Waals surface area contributed by atoms with Crippen LogP contribution in [0.2, 0.25) is 0 Å². The van der Waals surface area contributed by atoms with E-state index in [0.717, 1.165) is 0 Å². The molecule has 3 rings (SSSR count). The topological polar surface area (TPSA) is 94.4 Å². The van der Waals surface area contributed by atoms with E-state index in [4.69, 9.17) is 4.74 Å². The number of ether oxygens (including phenoxy) is 1. The van der Waals surface area contributed by atoms with Gasteiger partial charge in [-0.1, -0.05) is 30.3 Å². The summed E-state index contributed by atoms with van der Waals surface area (Å²) in [5.74, 6) is 0.276. The Bertz CT molecular complexity index is 896. The van der Waals surface area contributed by atoms with Crippen LogP contribution in [-0.2, 0) is 4.79 Å². The van der Waals surface area contributed by atoms with E-state index >= 15 is 0 Å². The SMILES string of the molecule is O=C(COc1ccccc1)Nc1nc(-c2cccc([N+](=O)[O-])c2)cs1. The zero-order valence-corrected chi connectivity index (χ0v) is 13.7. The van der Waals surface area contributed by atoms with Gasteiger partial charge in [-0.05, 0) is 12.1 Å². The van der Waals surface area contributed by atoms with Crippen molar-refractivity contribution < 1.29 is 14.5 Å². The van der Waals surface area contributed by atoms with Gasteiger partial charge in [0.2, 0.25) is 0 Å². The second-order valence-corrected chi connectivity index (χ2v) is 5.85. The highest BCUT2D eigenvalue weighted by Crippen LogP contribution is 2.27. The zero-order chi connectivity index (χ0) is 17.6. The van der Waals surface area contributed by atoms with E-state index in [9.17, 15) is 14.9 Å². The number of amides is 1. The van der Waals surface area contributed by atoms with Gasteiger partial charge in [0, 0.05) is 23.1 Å². The van der Waals surface area contributed by atoms with Crippen LogP contribution in [0.5, 0.6) is 5.75 Å². The van der Waals surface area contributed by atoms with Crippen molar-refractivity contribution in [3.63, 3.8) is 0 Å². The summed E-state index contributed by atoms with van der Waals surface area (Å²) in [4.78, 5) is 26.6. The van der Waals surface area contributed by atoms with Crippen LogP contribution < -0.4 is 10.1 Å². The molecule has 7 nitrogen and oxygen atoms in total. The molecule has 0 bridgehead atoms. The minimum absolute atomic E-state index is 0.00709. The lowest BCUT2D eigenvalue weighted by atomic mass is 10.1. The number of nitrogens with zero attached hydrogens (tertiary/aromatic N) is 2. The second kappa shape index (κ2) is 7.54. The summed E-state index contributed by atoms with van der Waals surface area (Å²) in [6.07, 6.45) is 0. The number of carbonyl (C=O) groups excluding carboxylic acids is 1. The fourth-order valence-corrected chi connectivity index (χ4v) is 2.80. The number of nitro groups is 1.